The van der Waals surface area contributed by atoms with Crippen LogP contribution >= 0.6 is 11.6 Å². The van der Waals surface area contributed by atoms with Gasteiger partial charge in [-0.2, -0.15) is 0 Å². The van der Waals surface area contributed by atoms with Crippen LogP contribution in [0, 0.1) is 0 Å². The van der Waals surface area contributed by atoms with E-state index in [1.807, 2.05) is 0 Å². The van der Waals surface area contributed by atoms with Crippen molar-refractivity contribution in [2.75, 3.05) is 45.1 Å². The number of nitrogens with two attached hydrogens (primary N) is 1. The summed E-state index contributed by atoms with van der Waals surface area (Å²) in [6, 6.07) is 2.70. The number of benzene rings is 1. The maximum atomic E-state index is 12.2. The van der Waals surface area contributed by atoms with Crippen molar-refractivity contribution in [3.05, 3.63) is 17.2 Å². The Kier molecular flexibility index (Phi) is 5.87. The second-order valence-corrected chi connectivity index (χ2v) is 7.13. The lowest BCUT2D eigenvalue weighted by Crippen LogP contribution is -2.38. The minimum atomic E-state index is -3.90. The van der Waals surface area contributed by atoms with Gasteiger partial charge in [0, 0.05) is 19.6 Å². The zero-order chi connectivity index (χ0) is 16.2. The molecule has 4 N–H and O–H groups in total. The van der Waals surface area contributed by atoms with Crippen LogP contribution in [0.3, 0.4) is 0 Å². The molecule has 124 valence electrons. The lowest BCUT2D eigenvalue weighted by molar-refractivity contribution is 0.0376. The van der Waals surface area contributed by atoms with E-state index in [0.717, 1.165) is 19.6 Å². The molecule has 9 heteroatoms. The molecule has 0 atom stereocenters. The van der Waals surface area contributed by atoms with Crippen molar-refractivity contribution >= 4 is 27.3 Å². The lowest BCUT2D eigenvalue weighted by atomic mass is 10.3. The highest BCUT2D eigenvalue weighted by molar-refractivity contribution is 7.89. The molecular weight excluding hydrogens is 330 g/mol. The standard InChI is InChI=1S/C13H20ClN3O4S/c14-10-2-3-11(15)12(18)13(10)22(19,20)16-4-1-5-17-6-8-21-9-7-17/h2-3,16,18H,1,4-9,15H2. The Morgan fingerprint density at radius 1 is 1.36 bits per heavy atom. The minimum absolute atomic E-state index is 0.0295. The predicted molar refractivity (Wildman–Crippen MR) is 84.6 cm³/mol. The number of phenolic OH excluding ortho intramolecular Hbond substituents is 1. The van der Waals surface area contributed by atoms with Crippen LogP contribution in [0.25, 0.3) is 0 Å². The summed E-state index contributed by atoms with van der Waals surface area (Å²) >= 11 is 5.86. The van der Waals surface area contributed by atoms with Crippen LogP contribution in [0.4, 0.5) is 5.69 Å². The Bertz CT molecular complexity index is 618. The fourth-order valence-electron chi connectivity index (χ4n) is 2.22. The van der Waals surface area contributed by atoms with E-state index in [1.165, 1.54) is 12.1 Å². The van der Waals surface area contributed by atoms with Gasteiger partial charge in [-0.25, -0.2) is 13.1 Å². The molecule has 0 saturated carbocycles. The average Bonchev–Trinajstić information content (AvgIpc) is 2.49. The van der Waals surface area contributed by atoms with E-state index >= 15 is 0 Å². The van der Waals surface area contributed by atoms with Crippen LogP contribution in [0.5, 0.6) is 5.75 Å². The molecule has 1 aliphatic rings. The topological polar surface area (TPSA) is 105 Å². The first-order chi connectivity index (χ1) is 10.4. The van der Waals surface area contributed by atoms with Crippen molar-refractivity contribution in [2.24, 2.45) is 0 Å². The largest absolute Gasteiger partial charge is 0.504 e. The SMILES string of the molecule is Nc1ccc(Cl)c(S(=O)(=O)NCCCN2CCOCC2)c1O. The molecule has 1 heterocycles. The molecule has 1 aliphatic heterocycles. The molecule has 0 radical (unpaired) electrons. The fourth-order valence-corrected chi connectivity index (χ4v) is 3.94. The van der Waals surface area contributed by atoms with Gasteiger partial charge in [-0.1, -0.05) is 11.6 Å². The summed E-state index contributed by atoms with van der Waals surface area (Å²) in [5.41, 5.74) is 5.49. The number of hydrogen-bond acceptors (Lipinski definition) is 6. The summed E-state index contributed by atoms with van der Waals surface area (Å²) in [7, 11) is -3.90. The molecule has 7 nitrogen and oxygen atoms in total. The highest BCUT2D eigenvalue weighted by Crippen LogP contribution is 2.34. The Labute approximate surface area is 135 Å². The Hall–Kier alpha value is -1.06. The van der Waals surface area contributed by atoms with Gasteiger partial charge in [-0.15, -0.1) is 0 Å². The molecular formula is C13H20ClN3O4S. The van der Waals surface area contributed by atoms with Crippen molar-refractivity contribution in [3.63, 3.8) is 0 Å². The third-order valence-corrected chi connectivity index (χ3v) is 5.39. The number of sulfonamides is 1. The van der Waals surface area contributed by atoms with Gasteiger partial charge >= 0.3 is 0 Å². The first kappa shape index (κ1) is 17.3. The maximum Gasteiger partial charge on any atom is 0.245 e. The molecule has 0 bridgehead atoms. The zero-order valence-corrected chi connectivity index (χ0v) is 13.7. The van der Waals surface area contributed by atoms with Crippen LogP contribution in [-0.2, 0) is 14.8 Å². The maximum absolute atomic E-state index is 12.2. The van der Waals surface area contributed by atoms with Crippen LogP contribution in [0.15, 0.2) is 17.0 Å². The van der Waals surface area contributed by atoms with Crippen LogP contribution < -0.4 is 10.5 Å². The average molecular weight is 350 g/mol. The smallest absolute Gasteiger partial charge is 0.245 e. The highest BCUT2D eigenvalue weighted by atomic mass is 35.5. The third-order valence-electron chi connectivity index (χ3n) is 3.43. The second-order valence-electron chi connectivity index (χ2n) is 5.02. The van der Waals surface area contributed by atoms with Crippen molar-refractivity contribution < 1.29 is 18.3 Å². The third kappa shape index (κ3) is 4.23. The molecule has 0 amide bonds. The second kappa shape index (κ2) is 7.47. The normalized spacial score (nSPS) is 16.8. The molecule has 0 spiro atoms. The summed E-state index contributed by atoms with van der Waals surface area (Å²) in [6.45, 7) is 4.16. The highest BCUT2D eigenvalue weighted by Gasteiger charge is 2.23. The van der Waals surface area contributed by atoms with E-state index in [1.54, 1.807) is 0 Å². The molecule has 2 rings (SSSR count). The molecule has 0 aliphatic carbocycles. The summed E-state index contributed by atoms with van der Waals surface area (Å²) in [5, 5.41) is 9.76. The molecule has 22 heavy (non-hydrogen) atoms. The molecule has 1 aromatic rings. The molecule has 0 unspecified atom stereocenters. The predicted octanol–water partition coefficient (Wildman–Crippen LogP) is 0.628. The monoisotopic (exact) mass is 349 g/mol. The summed E-state index contributed by atoms with van der Waals surface area (Å²) in [6.07, 6.45) is 0.653. The lowest BCUT2D eigenvalue weighted by Gasteiger charge is -2.26. The molecule has 1 aromatic carbocycles. The fraction of sp³-hybridized carbons (Fsp3) is 0.538. The number of anilines is 1. The van der Waals surface area contributed by atoms with Gasteiger partial charge in [-0.3, -0.25) is 4.90 Å². The summed E-state index contributed by atoms with van der Waals surface area (Å²) < 4.78 is 32.2. The Balaban J connectivity index is 1.93. The minimum Gasteiger partial charge on any atom is -0.504 e. The number of halogens is 1. The van der Waals surface area contributed by atoms with Gasteiger partial charge in [-0.05, 0) is 25.1 Å². The van der Waals surface area contributed by atoms with Gasteiger partial charge in [0.15, 0.2) is 5.75 Å². The van der Waals surface area contributed by atoms with Crippen LogP contribution in [-0.4, -0.2) is 57.8 Å². The number of rotatable bonds is 6. The quantitative estimate of drug-likeness (QED) is 0.395. The van der Waals surface area contributed by atoms with Crippen molar-refractivity contribution in [1.82, 2.24) is 9.62 Å². The van der Waals surface area contributed by atoms with Gasteiger partial charge < -0.3 is 15.6 Å². The van der Waals surface area contributed by atoms with Crippen molar-refractivity contribution in [1.29, 1.82) is 0 Å². The van der Waals surface area contributed by atoms with E-state index < -0.39 is 15.8 Å². The number of nitrogens with one attached hydrogen (secondary N) is 1. The van der Waals surface area contributed by atoms with E-state index in [4.69, 9.17) is 22.1 Å². The Morgan fingerprint density at radius 2 is 2.05 bits per heavy atom. The first-order valence-corrected chi connectivity index (χ1v) is 8.84. The molecule has 1 saturated heterocycles. The Morgan fingerprint density at radius 3 is 2.73 bits per heavy atom. The van der Waals surface area contributed by atoms with Crippen molar-refractivity contribution in [3.8, 4) is 5.75 Å². The summed E-state index contributed by atoms with van der Waals surface area (Å²) in [5.74, 6) is -0.520. The first-order valence-electron chi connectivity index (χ1n) is 6.98. The van der Waals surface area contributed by atoms with Gasteiger partial charge in [0.2, 0.25) is 10.0 Å². The van der Waals surface area contributed by atoms with E-state index in [2.05, 4.69) is 9.62 Å². The number of morpholine rings is 1. The number of nitrogen functional groups attached to an aromatic ring is 1. The molecule has 0 aromatic heterocycles. The number of aromatic hydroxyl groups is 1. The number of nitrogens with zero attached hydrogens (tertiary/aromatic N) is 1. The van der Waals surface area contributed by atoms with Gasteiger partial charge in [0.25, 0.3) is 0 Å². The van der Waals surface area contributed by atoms with Gasteiger partial charge in [0.1, 0.15) is 4.90 Å². The molecule has 1 fully saturated rings. The van der Waals surface area contributed by atoms with Crippen LogP contribution in [0.2, 0.25) is 5.02 Å². The number of ether oxygens (including phenoxy) is 1. The number of hydrogen-bond donors (Lipinski definition) is 3. The van der Waals surface area contributed by atoms with E-state index in [9.17, 15) is 13.5 Å². The van der Waals surface area contributed by atoms with Crippen LogP contribution in [0.1, 0.15) is 6.42 Å². The summed E-state index contributed by atoms with van der Waals surface area (Å²) in [4.78, 5) is 1.84. The van der Waals surface area contributed by atoms with E-state index in [0.29, 0.717) is 19.6 Å². The zero-order valence-electron chi connectivity index (χ0n) is 12.1. The van der Waals surface area contributed by atoms with E-state index in [-0.39, 0.29) is 22.2 Å². The van der Waals surface area contributed by atoms with Gasteiger partial charge in [0.05, 0.1) is 23.9 Å². The van der Waals surface area contributed by atoms with Crippen molar-refractivity contribution in [2.45, 2.75) is 11.3 Å². The number of phenols is 1.